The van der Waals surface area contributed by atoms with E-state index in [0.717, 1.165) is 10.3 Å². The molecule has 24 heavy (non-hydrogen) atoms. The second-order valence-corrected chi connectivity index (χ2v) is 5.03. The van der Waals surface area contributed by atoms with E-state index in [9.17, 15) is 5.21 Å². The van der Waals surface area contributed by atoms with Crippen LogP contribution in [0.3, 0.4) is 0 Å². The standard InChI is InChI=1S/C18H24N2O4/c1-4-11-23-17(13-19-21)18(24-12-5-2)14-20(22)15(3)16-9-7-6-8-10-16/h4-10,13-15,17-18,21H,1-2,11-12H2,3H3/b19-13-,20-14-/t15-,17-,18-/m0/s1. The van der Waals surface area contributed by atoms with Gasteiger partial charge in [0.25, 0.3) is 0 Å². The van der Waals surface area contributed by atoms with Crippen LogP contribution in [-0.4, -0.2) is 47.8 Å². The van der Waals surface area contributed by atoms with Gasteiger partial charge in [-0.1, -0.05) is 47.6 Å². The Balaban J connectivity index is 2.99. The van der Waals surface area contributed by atoms with Crippen LogP contribution >= 0.6 is 0 Å². The first-order valence-electron chi connectivity index (χ1n) is 7.62. The predicted octanol–water partition coefficient (Wildman–Crippen LogP) is 2.93. The third kappa shape index (κ3) is 6.36. The maximum Gasteiger partial charge on any atom is 0.185 e. The molecule has 6 heteroatoms. The first-order valence-corrected chi connectivity index (χ1v) is 7.62. The first kappa shape index (κ1) is 19.6. The first-order chi connectivity index (χ1) is 11.6. The second kappa shape index (κ2) is 11.2. The number of hydrogen-bond acceptors (Lipinski definition) is 5. The molecule has 0 heterocycles. The number of rotatable bonds is 11. The summed E-state index contributed by atoms with van der Waals surface area (Å²) in [6.45, 7) is 9.41. The van der Waals surface area contributed by atoms with Gasteiger partial charge < -0.3 is 19.9 Å². The minimum absolute atomic E-state index is 0.224. The maximum atomic E-state index is 12.5. The lowest BCUT2D eigenvalue weighted by Gasteiger charge is -2.21. The number of hydrogen-bond donors (Lipinski definition) is 1. The van der Waals surface area contributed by atoms with Crippen LogP contribution < -0.4 is 0 Å². The summed E-state index contributed by atoms with van der Waals surface area (Å²) in [5, 5.41) is 24.3. The predicted molar refractivity (Wildman–Crippen MR) is 94.7 cm³/mol. The van der Waals surface area contributed by atoms with Crippen molar-refractivity contribution in [1.82, 2.24) is 0 Å². The minimum atomic E-state index is -0.734. The van der Waals surface area contributed by atoms with Crippen LogP contribution in [0.15, 0.2) is 60.8 Å². The van der Waals surface area contributed by atoms with Gasteiger partial charge in [-0.25, -0.2) is 4.74 Å². The highest BCUT2D eigenvalue weighted by Crippen LogP contribution is 2.15. The molecule has 0 radical (unpaired) electrons. The van der Waals surface area contributed by atoms with E-state index in [1.165, 1.54) is 12.4 Å². The Hall–Kier alpha value is -2.44. The Morgan fingerprint density at radius 3 is 2.29 bits per heavy atom. The van der Waals surface area contributed by atoms with Gasteiger partial charge in [-0.05, 0) is 0 Å². The topological polar surface area (TPSA) is 77.1 Å². The zero-order valence-electron chi connectivity index (χ0n) is 13.8. The van der Waals surface area contributed by atoms with Crippen molar-refractivity contribution in [2.24, 2.45) is 5.16 Å². The Morgan fingerprint density at radius 1 is 1.17 bits per heavy atom. The molecule has 6 nitrogen and oxygen atoms in total. The summed E-state index contributed by atoms with van der Waals surface area (Å²) in [4.78, 5) is 0. The molecule has 1 N–H and O–H groups in total. The van der Waals surface area contributed by atoms with Gasteiger partial charge in [-0.2, -0.15) is 0 Å². The van der Waals surface area contributed by atoms with Crippen LogP contribution in [0.25, 0.3) is 0 Å². The van der Waals surface area contributed by atoms with Gasteiger partial charge in [0.1, 0.15) is 6.10 Å². The number of benzene rings is 1. The highest BCUT2D eigenvalue weighted by Gasteiger charge is 2.24. The molecule has 1 rings (SSSR count). The average molecular weight is 332 g/mol. The molecule has 0 saturated heterocycles. The monoisotopic (exact) mass is 332 g/mol. The van der Waals surface area contributed by atoms with Gasteiger partial charge in [-0.15, -0.1) is 13.2 Å². The van der Waals surface area contributed by atoms with Gasteiger partial charge in [-0.3, -0.25) is 0 Å². The third-order valence-electron chi connectivity index (χ3n) is 3.31. The van der Waals surface area contributed by atoms with Gasteiger partial charge in [0, 0.05) is 12.5 Å². The average Bonchev–Trinajstić information content (AvgIpc) is 2.62. The fraction of sp³-hybridized carbons (Fsp3) is 0.333. The van der Waals surface area contributed by atoms with E-state index >= 15 is 0 Å². The minimum Gasteiger partial charge on any atom is -0.624 e. The van der Waals surface area contributed by atoms with Crippen LogP contribution in [0.4, 0.5) is 0 Å². The molecule has 0 fully saturated rings. The molecule has 0 aromatic heterocycles. The zero-order valence-corrected chi connectivity index (χ0v) is 13.8. The largest absolute Gasteiger partial charge is 0.624 e. The Labute approximate surface area is 142 Å². The van der Waals surface area contributed by atoms with Gasteiger partial charge in [0.15, 0.2) is 18.4 Å². The summed E-state index contributed by atoms with van der Waals surface area (Å²) in [5.74, 6) is 0. The molecule has 130 valence electrons. The number of hydroxylamine groups is 1. The van der Waals surface area contributed by atoms with E-state index in [1.54, 1.807) is 19.1 Å². The third-order valence-corrected chi connectivity index (χ3v) is 3.31. The van der Waals surface area contributed by atoms with Crippen molar-refractivity contribution in [3.8, 4) is 0 Å². The summed E-state index contributed by atoms with van der Waals surface area (Å²) in [6, 6.07) is 9.00. The molecular weight excluding hydrogens is 308 g/mol. The van der Waals surface area contributed by atoms with Gasteiger partial charge in [0.05, 0.1) is 19.4 Å². The molecule has 0 aliphatic rings. The number of ether oxygens (including phenoxy) is 2. The summed E-state index contributed by atoms with van der Waals surface area (Å²) in [7, 11) is 0. The van der Waals surface area contributed by atoms with Crippen LogP contribution in [-0.2, 0) is 9.47 Å². The van der Waals surface area contributed by atoms with E-state index in [0.29, 0.717) is 0 Å². The number of oxime groups is 1. The Bertz CT molecular complexity index is 557. The van der Waals surface area contributed by atoms with Crippen molar-refractivity contribution in [2.75, 3.05) is 13.2 Å². The highest BCUT2D eigenvalue weighted by atomic mass is 16.5. The lowest BCUT2D eigenvalue weighted by molar-refractivity contribution is -0.501. The molecule has 0 saturated carbocycles. The van der Waals surface area contributed by atoms with Crippen LogP contribution in [0, 0.1) is 5.21 Å². The lowest BCUT2D eigenvalue weighted by Crippen LogP contribution is -2.37. The van der Waals surface area contributed by atoms with E-state index in [-0.39, 0.29) is 13.2 Å². The summed E-state index contributed by atoms with van der Waals surface area (Å²) < 4.78 is 11.9. The Kier molecular flexibility index (Phi) is 9.11. The van der Waals surface area contributed by atoms with Crippen molar-refractivity contribution in [2.45, 2.75) is 25.2 Å². The molecule has 0 amide bonds. The van der Waals surface area contributed by atoms with Crippen molar-refractivity contribution >= 4 is 12.4 Å². The van der Waals surface area contributed by atoms with E-state index in [4.69, 9.17) is 14.7 Å². The van der Waals surface area contributed by atoms with Gasteiger partial charge in [0.2, 0.25) is 0 Å². The second-order valence-electron chi connectivity index (χ2n) is 5.03. The van der Waals surface area contributed by atoms with E-state index < -0.39 is 18.2 Å². The molecule has 3 atom stereocenters. The van der Waals surface area contributed by atoms with Crippen LogP contribution in [0.1, 0.15) is 18.5 Å². The Morgan fingerprint density at radius 2 is 1.75 bits per heavy atom. The van der Waals surface area contributed by atoms with E-state index in [1.807, 2.05) is 30.3 Å². The van der Waals surface area contributed by atoms with Crippen molar-refractivity contribution in [3.05, 3.63) is 66.4 Å². The quantitative estimate of drug-likeness (QED) is 0.169. The summed E-state index contributed by atoms with van der Waals surface area (Å²) in [5.41, 5.74) is 0.880. The summed E-state index contributed by atoms with van der Waals surface area (Å²) >= 11 is 0. The van der Waals surface area contributed by atoms with Gasteiger partial charge >= 0.3 is 0 Å². The molecule has 0 spiro atoms. The molecule has 0 bridgehead atoms. The normalized spacial score (nSPS) is 15.8. The SMILES string of the molecule is C=CCO[C@@H](/C=N\O)[C@H](/C=[N+](\[O-])[C@@H](C)c1ccccc1)OCC=C. The van der Waals surface area contributed by atoms with E-state index in [2.05, 4.69) is 18.3 Å². The van der Waals surface area contributed by atoms with Crippen molar-refractivity contribution in [1.29, 1.82) is 0 Å². The molecular formula is C18H24N2O4. The molecule has 0 aliphatic carbocycles. The fourth-order valence-electron chi connectivity index (χ4n) is 2.02. The smallest absolute Gasteiger partial charge is 0.185 e. The number of nitrogens with zero attached hydrogens (tertiary/aromatic N) is 2. The molecule has 0 unspecified atom stereocenters. The molecule has 1 aromatic carbocycles. The van der Waals surface area contributed by atoms with Crippen LogP contribution in [0.5, 0.6) is 0 Å². The fourth-order valence-corrected chi connectivity index (χ4v) is 2.02. The maximum absolute atomic E-state index is 12.5. The zero-order chi connectivity index (χ0) is 17.8. The van der Waals surface area contributed by atoms with Crippen molar-refractivity contribution in [3.63, 3.8) is 0 Å². The van der Waals surface area contributed by atoms with Crippen molar-refractivity contribution < 1.29 is 19.4 Å². The van der Waals surface area contributed by atoms with Crippen LogP contribution in [0.2, 0.25) is 0 Å². The lowest BCUT2D eigenvalue weighted by atomic mass is 10.1. The summed E-state index contributed by atoms with van der Waals surface area (Å²) in [6.07, 6.45) is 4.21. The highest BCUT2D eigenvalue weighted by molar-refractivity contribution is 5.72. The molecule has 1 aromatic rings. The molecule has 0 aliphatic heterocycles.